The van der Waals surface area contributed by atoms with Gasteiger partial charge in [-0.1, -0.05) is 4.49 Å². The van der Waals surface area contributed by atoms with Crippen LogP contribution in [0.4, 0.5) is 0 Å². The van der Waals surface area contributed by atoms with Crippen LogP contribution < -0.4 is 5.32 Å². The minimum Gasteiger partial charge on any atom is -0.467 e. The summed E-state index contributed by atoms with van der Waals surface area (Å²) in [5.41, 5.74) is 0.615. The van der Waals surface area contributed by atoms with Gasteiger partial charge in [-0.3, -0.25) is 4.79 Å². The maximum Gasteiger partial charge on any atom is 0.264 e. The highest BCUT2D eigenvalue weighted by molar-refractivity contribution is 7.07. The summed E-state index contributed by atoms with van der Waals surface area (Å²) in [5, 5.41) is 16.2. The molecule has 2 aromatic rings. The Morgan fingerprint density at radius 2 is 2.50 bits per heavy atom. The zero-order valence-corrected chi connectivity index (χ0v) is 10.6. The van der Waals surface area contributed by atoms with Crippen LogP contribution in [0.1, 0.15) is 33.7 Å². The van der Waals surface area contributed by atoms with Gasteiger partial charge in [0.05, 0.1) is 12.0 Å². The molecule has 0 bridgehead atoms. The quantitative estimate of drug-likeness (QED) is 0.852. The summed E-state index contributed by atoms with van der Waals surface area (Å²) in [5.74, 6) is 0.286. The van der Waals surface area contributed by atoms with E-state index in [1.165, 1.54) is 6.26 Å². The number of aliphatic hydroxyl groups excluding tert-OH is 1. The van der Waals surface area contributed by atoms with Crippen molar-refractivity contribution in [2.75, 3.05) is 6.54 Å². The molecule has 7 heteroatoms. The summed E-state index contributed by atoms with van der Waals surface area (Å²) in [6.07, 6.45) is 1.19. The van der Waals surface area contributed by atoms with E-state index in [1.54, 1.807) is 19.1 Å². The third-order valence-corrected chi connectivity index (χ3v) is 3.26. The number of hydrogen-bond donors (Lipinski definition) is 2. The van der Waals surface area contributed by atoms with Crippen molar-refractivity contribution in [3.63, 3.8) is 0 Å². The molecule has 2 N–H and O–H groups in total. The molecule has 18 heavy (non-hydrogen) atoms. The third-order valence-electron chi connectivity index (χ3n) is 2.43. The molecule has 0 saturated carbocycles. The summed E-state index contributed by atoms with van der Waals surface area (Å²) in [6.45, 7) is 2.09. The third kappa shape index (κ3) is 2.93. The monoisotopic (exact) mass is 267 g/mol. The number of nitrogens with zero attached hydrogens (tertiary/aromatic N) is 2. The minimum atomic E-state index is -0.707. The van der Waals surface area contributed by atoms with Gasteiger partial charge < -0.3 is 14.8 Å². The van der Waals surface area contributed by atoms with Crippen LogP contribution in [-0.4, -0.2) is 27.1 Å². The van der Waals surface area contributed by atoms with Crippen LogP contribution in [-0.2, 0) is 0 Å². The van der Waals surface area contributed by atoms with Crippen molar-refractivity contribution in [3.05, 3.63) is 34.7 Å². The van der Waals surface area contributed by atoms with Gasteiger partial charge in [-0.15, -0.1) is 5.10 Å². The predicted octanol–water partition coefficient (Wildman–Crippen LogP) is 1.29. The van der Waals surface area contributed by atoms with Gasteiger partial charge >= 0.3 is 0 Å². The van der Waals surface area contributed by atoms with Gasteiger partial charge in [0, 0.05) is 6.54 Å². The molecule has 0 saturated heterocycles. The number of rotatable bonds is 5. The van der Waals surface area contributed by atoms with Gasteiger partial charge in [-0.05, 0) is 37.0 Å². The summed E-state index contributed by atoms with van der Waals surface area (Å²) in [6, 6.07) is 3.41. The number of carbonyl (C=O) groups excluding carboxylic acids is 1. The van der Waals surface area contributed by atoms with E-state index < -0.39 is 6.10 Å². The molecule has 0 fully saturated rings. The average molecular weight is 267 g/mol. The Hall–Kier alpha value is -1.73. The summed E-state index contributed by atoms with van der Waals surface area (Å²) in [7, 11) is 0. The van der Waals surface area contributed by atoms with Gasteiger partial charge in [0.15, 0.2) is 0 Å². The lowest BCUT2D eigenvalue weighted by Gasteiger charge is -2.08. The molecule has 0 spiro atoms. The molecule has 2 aromatic heterocycles. The van der Waals surface area contributed by atoms with Crippen LogP contribution in [0.2, 0.25) is 0 Å². The van der Waals surface area contributed by atoms with E-state index in [2.05, 4.69) is 14.9 Å². The van der Waals surface area contributed by atoms with Crippen LogP contribution in [0.5, 0.6) is 0 Å². The second-order valence-corrected chi connectivity index (χ2v) is 4.52. The van der Waals surface area contributed by atoms with Crippen molar-refractivity contribution in [2.24, 2.45) is 0 Å². The van der Waals surface area contributed by atoms with E-state index >= 15 is 0 Å². The number of nitrogens with one attached hydrogen (secondary N) is 1. The lowest BCUT2D eigenvalue weighted by atomic mass is 10.2. The van der Waals surface area contributed by atoms with Gasteiger partial charge in [0.1, 0.15) is 16.7 Å². The average Bonchev–Trinajstić information content (AvgIpc) is 2.99. The topological polar surface area (TPSA) is 88.2 Å². The summed E-state index contributed by atoms with van der Waals surface area (Å²) >= 11 is 1.06. The maximum absolute atomic E-state index is 11.7. The van der Waals surface area contributed by atoms with Crippen LogP contribution in [0.15, 0.2) is 22.8 Å². The van der Waals surface area contributed by atoms with Gasteiger partial charge in [0.25, 0.3) is 5.91 Å². The second kappa shape index (κ2) is 5.74. The van der Waals surface area contributed by atoms with Crippen LogP contribution in [0.25, 0.3) is 0 Å². The number of aryl methyl sites for hydroxylation is 1. The van der Waals surface area contributed by atoms with E-state index in [1.807, 2.05) is 0 Å². The SMILES string of the molecule is Cc1nnsc1C(=O)NCC[C@H](O)c1ccco1. The van der Waals surface area contributed by atoms with Crippen molar-refractivity contribution in [1.29, 1.82) is 0 Å². The Kier molecular flexibility index (Phi) is 4.06. The molecule has 1 atom stereocenters. The summed E-state index contributed by atoms with van der Waals surface area (Å²) < 4.78 is 8.76. The van der Waals surface area contributed by atoms with Crippen molar-refractivity contribution in [3.8, 4) is 0 Å². The van der Waals surface area contributed by atoms with E-state index in [-0.39, 0.29) is 5.91 Å². The van der Waals surface area contributed by atoms with Crippen molar-refractivity contribution < 1.29 is 14.3 Å². The highest BCUT2D eigenvalue weighted by atomic mass is 32.1. The lowest BCUT2D eigenvalue weighted by Crippen LogP contribution is -2.25. The van der Waals surface area contributed by atoms with E-state index in [9.17, 15) is 9.90 Å². The normalized spacial score (nSPS) is 12.3. The molecule has 0 aliphatic carbocycles. The molecule has 6 nitrogen and oxygen atoms in total. The van der Waals surface area contributed by atoms with Crippen molar-refractivity contribution in [2.45, 2.75) is 19.4 Å². The smallest absolute Gasteiger partial charge is 0.264 e. The second-order valence-electron chi connectivity index (χ2n) is 3.76. The fourth-order valence-electron chi connectivity index (χ4n) is 1.47. The molecule has 96 valence electrons. The van der Waals surface area contributed by atoms with Crippen molar-refractivity contribution in [1.82, 2.24) is 14.9 Å². The Bertz CT molecular complexity index is 509. The standard InChI is InChI=1S/C11H13N3O3S/c1-7-10(18-14-13-7)11(16)12-5-4-8(15)9-3-2-6-17-9/h2-3,6,8,15H,4-5H2,1H3,(H,12,16)/t8-/m0/s1. The lowest BCUT2D eigenvalue weighted by molar-refractivity contribution is 0.0939. The zero-order valence-electron chi connectivity index (χ0n) is 9.79. The molecule has 1 amide bonds. The minimum absolute atomic E-state index is 0.214. The molecule has 0 aliphatic rings. The number of aromatic nitrogens is 2. The molecular formula is C11H13N3O3S. The molecule has 0 radical (unpaired) electrons. The Labute approximate surface area is 108 Å². The Balaban J connectivity index is 1.79. The van der Waals surface area contributed by atoms with Crippen LogP contribution in [0, 0.1) is 6.92 Å². The highest BCUT2D eigenvalue weighted by Crippen LogP contribution is 2.16. The number of hydrogen-bond acceptors (Lipinski definition) is 6. The highest BCUT2D eigenvalue weighted by Gasteiger charge is 2.14. The largest absolute Gasteiger partial charge is 0.467 e. The molecule has 2 rings (SSSR count). The van der Waals surface area contributed by atoms with Gasteiger partial charge in [-0.25, -0.2) is 0 Å². The Morgan fingerprint density at radius 1 is 1.67 bits per heavy atom. The number of amides is 1. The van der Waals surface area contributed by atoms with Crippen molar-refractivity contribution >= 4 is 17.4 Å². The molecule has 2 heterocycles. The zero-order chi connectivity index (χ0) is 13.0. The first kappa shape index (κ1) is 12.7. The number of carbonyl (C=O) groups is 1. The van der Waals surface area contributed by atoms with E-state index in [4.69, 9.17) is 4.42 Å². The maximum atomic E-state index is 11.7. The molecule has 0 aromatic carbocycles. The first-order chi connectivity index (χ1) is 8.68. The fraction of sp³-hybridized carbons (Fsp3) is 0.364. The number of aliphatic hydroxyl groups is 1. The first-order valence-electron chi connectivity index (χ1n) is 5.47. The van der Waals surface area contributed by atoms with Gasteiger partial charge in [0.2, 0.25) is 0 Å². The molecule has 0 unspecified atom stereocenters. The molecule has 0 aliphatic heterocycles. The van der Waals surface area contributed by atoms with Crippen LogP contribution in [0.3, 0.4) is 0 Å². The van der Waals surface area contributed by atoms with Gasteiger partial charge in [-0.2, -0.15) is 0 Å². The van der Waals surface area contributed by atoms with Crippen LogP contribution >= 0.6 is 11.5 Å². The fourth-order valence-corrected chi connectivity index (χ4v) is 2.04. The molecular weight excluding hydrogens is 254 g/mol. The first-order valence-corrected chi connectivity index (χ1v) is 6.24. The Morgan fingerprint density at radius 3 is 3.11 bits per heavy atom. The van der Waals surface area contributed by atoms with E-state index in [0.717, 1.165) is 11.5 Å². The number of furan rings is 1. The summed E-state index contributed by atoms with van der Waals surface area (Å²) in [4.78, 5) is 12.2. The predicted molar refractivity (Wildman–Crippen MR) is 65.3 cm³/mol. The van der Waals surface area contributed by atoms with E-state index in [0.29, 0.717) is 29.3 Å².